The number of carbonyl (C=O) groups excluding carboxylic acids is 2. The first kappa shape index (κ1) is 23.7. The van der Waals surface area contributed by atoms with Gasteiger partial charge in [0, 0.05) is 31.3 Å². The van der Waals surface area contributed by atoms with E-state index in [1.807, 2.05) is 36.1 Å². The van der Waals surface area contributed by atoms with Crippen molar-refractivity contribution >= 4 is 29.5 Å². The molecule has 0 aliphatic carbocycles. The molecule has 2 amide bonds. The van der Waals surface area contributed by atoms with Gasteiger partial charge in [-0.25, -0.2) is 0 Å². The molecule has 1 fully saturated rings. The lowest BCUT2D eigenvalue weighted by atomic mass is 10.1. The van der Waals surface area contributed by atoms with Gasteiger partial charge in [0.1, 0.15) is 0 Å². The summed E-state index contributed by atoms with van der Waals surface area (Å²) in [5.74, 6) is 0.821. The van der Waals surface area contributed by atoms with Gasteiger partial charge in [0.05, 0.1) is 18.7 Å². The largest absolute Gasteiger partial charge is 0.493 e. The Morgan fingerprint density at radius 1 is 1.19 bits per heavy atom. The first-order valence-electron chi connectivity index (χ1n) is 10.9. The Balaban J connectivity index is 1.59. The molecule has 2 aromatic carbocycles. The molecular formula is C25H29ClN2O4. The number of nitrogens with zero attached hydrogens (tertiary/aromatic N) is 1. The molecule has 1 heterocycles. The normalized spacial score (nSPS) is 13.4. The summed E-state index contributed by atoms with van der Waals surface area (Å²) in [7, 11) is 1.55. The van der Waals surface area contributed by atoms with Crippen molar-refractivity contribution in [2.24, 2.45) is 0 Å². The third-order valence-corrected chi connectivity index (χ3v) is 5.44. The Kier molecular flexibility index (Phi) is 8.56. The van der Waals surface area contributed by atoms with Gasteiger partial charge in [-0.15, -0.1) is 0 Å². The maximum atomic E-state index is 12.6. The lowest BCUT2D eigenvalue weighted by Gasteiger charge is -2.15. The minimum Gasteiger partial charge on any atom is -0.493 e. The highest BCUT2D eigenvalue weighted by molar-refractivity contribution is 6.32. The van der Waals surface area contributed by atoms with Gasteiger partial charge in [-0.3, -0.25) is 9.59 Å². The molecule has 32 heavy (non-hydrogen) atoms. The summed E-state index contributed by atoms with van der Waals surface area (Å²) in [4.78, 5) is 26.7. The van der Waals surface area contributed by atoms with E-state index in [9.17, 15) is 9.59 Å². The standard InChI is InChI=1S/C25H29ClN2O4/c1-3-13-32-24-21(26)15-18(16-22(24)31-2)9-10-23(29)27-17-19-7-6-8-20(14-19)25(30)28-11-4-5-12-28/h6-10,14-16H,3-5,11-13,17H2,1-2H3,(H,27,29). The molecule has 0 saturated carbocycles. The van der Waals surface area contributed by atoms with Crippen LogP contribution in [0, 0.1) is 0 Å². The predicted octanol–water partition coefficient (Wildman–Crippen LogP) is 4.70. The highest BCUT2D eigenvalue weighted by Crippen LogP contribution is 2.36. The maximum Gasteiger partial charge on any atom is 0.253 e. The van der Waals surface area contributed by atoms with Crippen LogP contribution in [0.5, 0.6) is 11.5 Å². The molecule has 0 radical (unpaired) electrons. The van der Waals surface area contributed by atoms with E-state index in [0.717, 1.165) is 43.5 Å². The van der Waals surface area contributed by atoms with E-state index >= 15 is 0 Å². The van der Waals surface area contributed by atoms with Crippen molar-refractivity contribution in [2.45, 2.75) is 32.7 Å². The van der Waals surface area contributed by atoms with E-state index in [0.29, 0.717) is 35.2 Å². The van der Waals surface area contributed by atoms with Crippen LogP contribution in [-0.4, -0.2) is 43.5 Å². The van der Waals surface area contributed by atoms with Gasteiger partial charge in [0.25, 0.3) is 5.91 Å². The van der Waals surface area contributed by atoms with Crippen molar-refractivity contribution in [1.82, 2.24) is 10.2 Å². The second-order valence-corrected chi connectivity index (χ2v) is 8.04. The molecule has 1 saturated heterocycles. The molecule has 1 N–H and O–H groups in total. The highest BCUT2D eigenvalue weighted by Gasteiger charge is 2.19. The van der Waals surface area contributed by atoms with Crippen molar-refractivity contribution in [2.75, 3.05) is 26.8 Å². The topological polar surface area (TPSA) is 67.9 Å². The van der Waals surface area contributed by atoms with Crippen LogP contribution in [0.4, 0.5) is 0 Å². The monoisotopic (exact) mass is 456 g/mol. The fourth-order valence-electron chi connectivity index (χ4n) is 3.52. The summed E-state index contributed by atoms with van der Waals surface area (Å²) in [6.45, 7) is 4.50. The number of likely N-dealkylation sites (tertiary alicyclic amines) is 1. The molecule has 0 atom stereocenters. The highest BCUT2D eigenvalue weighted by atomic mass is 35.5. The molecule has 3 rings (SSSR count). The first-order valence-corrected chi connectivity index (χ1v) is 11.2. The second-order valence-electron chi connectivity index (χ2n) is 7.63. The zero-order valence-corrected chi connectivity index (χ0v) is 19.3. The van der Waals surface area contributed by atoms with Crippen LogP contribution in [0.1, 0.15) is 47.7 Å². The van der Waals surface area contributed by atoms with Crippen LogP contribution in [0.15, 0.2) is 42.5 Å². The van der Waals surface area contributed by atoms with E-state index in [1.54, 1.807) is 25.3 Å². The van der Waals surface area contributed by atoms with Gasteiger partial charge < -0.3 is 19.7 Å². The van der Waals surface area contributed by atoms with Crippen molar-refractivity contribution in [3.8, 4) is 11.5 Å². The lowest BCUT2D eigenvalue weighted by Crippen LogP contribution is -2.27. The number of hydrogen-bond donors (Lipinski definition) is 1. The van der Waals surface area contributed by atoms with E-state index in [2.05, 4.69) is 5.32 Å². The number of hydrogen-bond acceptors (Lipinski definition) is 4. The van der Waals surface area contributed by atoms with Crippen LogP contribution in [-0.2, 0) is 11.3 Å². The van der Waals surface area contributed by atoms with Gasteiger partial charge in [0.15, 0.2) is 11.5 Å². The van der Waals surface area contributed by atoms with Crippen LogP contribution in [0.2, 0.25) is 5.02 Å². The number of methoxy groups -OCH3 is 1. The van der Waals surface area contributed by atoms with Crippen molar-refractivity contribution < 1.29 is 19.1 Å². The third-order valence-electron chi connectivity index (χ3n) is 5.16. The summed E-state index contributed by atoms with van der Waals surface area (Å²) < 4.78 is 11.0. The number of benzene rings is 2. The van der Waals surface area contributed by atoms with Crippen molar-refractivity contribution in [1.29, 1.82) is 0 Å². The molecule has 0 spiro atoms. The number of carbonyl (C=O) groups is 2. The average molecular weight is 457 g/mol. The second kappa shape index (κ2) is 11.6. The molecule has 7 heteroatoms. The zero-order chi connectivity index (χ0) is 22.9. The number of nitrogens with one attached hydrogen (secondary N) is 1. The molecule has 0 bridgehead atoms. The molecule has 170 valence electrons. The molecule has 2 aromatic rings. The minimum absolute atomic E-state index is 0.0489. The summed E-state index contributed by atoms with van der Waals surface area (Å²) >= 11 is 6.32. The molecule has 0 aromatic heterocycles. The third kappa shape index (κ3) is 6.26. The van der Waals surface area contributed by atoms with Gasteiger partial charge in [-0.1, -0.05) is 30.7 Å². The van der Waals surface area contributed by atoms with Crippen molar-refractivity contribution in [3.63, 3.8) is 0 Å². The van der Waals surface area contributed by atoms with E-state index < -0.39 is 0 Å². The Morgan fingerprint density at radius 3 is 2.69 bits per heavy atom. The Labute approximate surface area is 194 Å². The van der Waals surface area contributed by atoms with Crippen LogP contribution >= 0.6 is 11.6 Å². The summed E-state index contributed by atoms with van der Waals surface area (Å²) in [6, 6.07) is 10.9. The molecule has 0 unspecified atom stereocenters. The fraction of sp³-hybridized carbons (Fsp3) is 0.360. The minimum atomic E-state index is -0.248. The van der Waals surface area contributed by atoms with E-state index in [1.165, 1.54) is 6.08 Å². The number of rotatable bonds is 9. The first-order chi connectivity index (χ1) is 15.5. The zero-order valence-electron chi connectivity index (χ0n) is 18.5. The Morgan fingerprint density at radius 2 is 1.97 bits per heavy atom. The molecule has 6 nitrogen and oxygen atoms in total. The van der Waals surface area contributed by atoms with Crippen molar-refractivity contribution in [3.05, 3.63) is 64.2 Å². The van der Waals surface area contributed by atoms with Gasteiger partial charge >= 0.3 is 0 Å². The predicted molar refractivity (Wildman–Crippen MR) is 126 cm³/mol. The molecule has 1 aliphatic rings. The Hall–Kier alpha value is -2.99. The molecule has 1 aliphatic heterocycles. The van der Waals surface area contributed by atoms with Crippen LogP contribution in [0.3, 0.4) is 0 Å². The molecular weight excluding hydrogens is 428 g/mol. The smallest absolute Gasteiger partial charge is 0.253 e. The van der Waals surface area contributed by atoms with Gasteiger partial charge in [-0.2, -0.15) is 0 Å². The van der Waals surface area contributed by atoms with E-state index in [4.69, 9.17) is 21.1 Å². The van der Waals surface area contributed by atoms with Crippen LogP contribution in [0.25, 0.3) is 6.08 Å². The SMILES string of the molecule is CCCOc1c(Cl)cc(C=CC(=O)NCc2cccc(C(=O)N3CCCC3)c2)cc1OC. The number of halogens is 1. The van der Waals surface area contributed by atoms with E-state index in [-0.39, 0.29) is 11.8 Å². The summed E-state index contributed by atoms with van der Waals surface area (Å²) in [5.41, 5.74) is 2.25. The quantitative estimate of drug-likeness (QED) is 0.555. The number of amides is 2. The van der Waals surface area contributed by atoms with Gasteiger partial charge in [-0.05, 0) is 60.7 Å². The number of ether oxygens (including phenoxy) is 2. The Bertz CT molecular complexity index is 984. The average Bonchev–Trinajstić information content (AvgIpc) is 3.35. The maximum absolute atomic E-state index is 12.6. The lowest BCUT2D eigenvalue weighted by molar-refractivity contribution is -0.116. The summed E-state index contributed by atoms with van der Waals surface area (Å²) in [6.07, 6.45) is 6.08. The van der Waals surface area contributed by atoms with Gasteiger partial charge in [0.2, 0.25) is 5.91 Å². The fourth-order valence-corrected chi connectivity index (χ4v) is 3.79. The van der Waals surface area contributed by atoms with Crippen LogP contribution < -0.4 is 14.8 Å². The summed E-state index contributed by atoms with van der Waals surface area (Å²) in [5, 5.41) is 3.28.